The van der Waals surface area contributed by atoms with E-state index in [9.17, 15) is 4.79 Å². The molecule has 15 heavy (non-hydrogen) atoms. The van der Waals surface area contributed by atoms with E-state index in [0.29, 0.717) is 11.5 Å². The van der Waals surface area contributed by atoms with E-state index in [-0.39, 0.29) is 0 Å². The molecule has 1 aromatic rings. The monoisotopic (exact) mass is 210 g/mol. The molecule has 4 heteroatoms. The molecular weight excluding hydrogens is 196 g/mol. The largest absolute Gasteiger partial charge is 0.493 e. The molecule has 0 fully saturated rings. The number of carboxylic acids is 1. The van der Waals surface area contributed by atoms with Crippen molar-refractivity contribution in [1.29, 1.82) is 0 Å². The van der Waals surface area contributed by atoms with Crippen LogP contribution in [0.5, 0.6) is 11.5 Å². The molecule has 0 aliphatic heterocycles. The van der Waals surface area contributed by atoms with Crippen molar-refractivity contribution in [2.45, 2.75) is 20.0 Å². The number of hydrogen-bond acceptors (Lipinski definition) is 3. The Kier molecular flexibility index (Phi) is 3.55. The third-order valence-electron chi connectivity index (χ3n) is 1.97. The second-order valence-electron chi connectivity index (χ2n) is 3.25. The SMILES string of the molecule is COc1cc(C)ccc1O[C@H](C)C(=O)O. The molecule has 0 aliphatic rings. The predicted octanol–water partition coefficient (Wildman–Crippen LogP) is 1.86. The maximum Gasteiger partial charge on any atom is 0.344 e. The van der Waals surface area contributed by atoms with Crippen molar-refractivity contribution in [3.63, 3.8) is 0 Å². The number of aliphatic carboxylic acids is 1. The molecule has 0 unspecified atom stereocenters. The average molecular weight is 210 g/mol. The predicted molar refractivity (Wildman–Crippen MR) is 55.5 cm³/mol. The first-order valence-electron chi connectivity index (χ1n) is 4.58. The van der Waals surface area contributed by atoms with E-state index in [1.165, 1.54) is 14.0 Å². The number of methoxy groups -OCH3 is 1. The molecule has 0 radical (unpaired) electrons. The van der Waals surface area contributed by atoms with Gasteiger partial charge in [-0.3, -0.25) is 0 Å². The van der Waals surface area contributed by atoms with Crippen molar-refractivity contribution < 1.29 is 19.4 Å². The fourth-order valence-electron chi connectivity index (χ4n) is 1.11. The molecule has 0 bridgehead atoms. The third-order valence-corrected chi connectivity index (χ3v) is 1.97. The molecule has 4 nitrogen and oxygen atoms in total. The molecule has 1 N–H and O–H groups in total. The molecule has 0 aliphatic carbocycles. The first kappa shape index (κ1) is 11.4. The molecule has 0 aromatic heterocycles. The van der Waals surface area contributed by atoms with E-state index in [4.69, 9.17) is 14.6 Å². The van der Waals surface area contributed by atoms with Gasteiger partial charge in [0.1, 0.15) is 0 Å². The molecule has 0 saturated carbocycles. The fourth-order valence-corrected chi connectivity index (χ4v) is 1.11. The van der Waals surface area contributed by atoms with Gasteiger partial charge in [-0.05, 0) is 31.5 Å². The lowest BCUT2D eigenvalue weighted by molar-refractivity contribution is -0.144. The van der Waals surface area contributed by atoms with Crippen molar-refractivity contribution >= 4 is 5.97 Å². The summed E-state index contributed by atoms with van der Waals surface area (Å²) in [5.41, 5.74) is 1.03. The number of hydrogen-bond donors (Lipinski definition) is 1. The van der Waals surface area contributed by atoms with Crippen molar-refractivity contribution in [2.24, 2.45) is 0 Å². The van der Waals surface area contributed by atoms with Gasteiger partial charge < -0.3 is 14.6 Å². The van der Waals surface area contributed by atoms with Crippen LogP contribution in [0.15, 0.2) is 18.2 Å². The Morgan fingerprint density at radius 2 is 2.07 bits per heavy atom. The highest BCUT2D eigenvalue weighted by molar-refractivity contribution is 5.72. The normalized spacial score (nSPS) is 11.9. The molecule has 1 rings (SSSR count). The van der Waals surface area contributed by atoms with Crippen LogP contribution in [0.4, 0.5) is 0 Å². The molecule has 1 atom stereocenters. The maximum atomic E-state index is 10.6. The summed E-state index contributed by atoms with van der Waals surface area (Å²) in [5.74, 6) is -0.0151. The maximum absolute atomic E-state index is 10.6. The second kappa shape index (κ2) is 4.68. The van der Waals surface area contributed by atoms with Crippen LogP contribution in [0, 0.1) is 6.92 Å². The highest BCUT2D eigenvalue weighted by atomic mass is 16.5. The van der Waals surface area contributed by atoms with Crippen LogP contribution in [-0.2, 0) is 4.79 Å². The van der Waals surface area contributed by atoms with Crippen LogP contribution in [0.3, 0.4) is 0 Å². The number of benzene rings is 1. The number of rotatable bonds is 4. The zero-order valence-electron chi connectivity index (χ0n) is 8.98. The van der Waals surface area contributed by atoms with Crippen molar-refractivity contribution in [1.82, 2.24) is 0 Å². The number of carboxylic acid groups (broad SMARTS) is 1. The summed E-state index contributed by atoms with van der Waals surface area (Å²) in [6, 6.07) is 5.34. The van der Waals surface area contributed by atoms with Crippen LogP contribution in [0.2, 0.25) is 0 Å². The van der Waals surface area contributed by atoms with Gasteiger partial charge >= 0.3 is 5.97 Å². The lowest BCUT2D eigenvalue weighted by Gasteiger charge is -2.13. The number of ether oxygens (including phenoxy) is 2. The molecule has 0 saturated heterocycles. The van der Waals surface area contributed by atoms with Crippen molar-refractivity contribution in [3.8, 4) is 11.5 Å². The minimum absolute atomic E-state index is 0.443. The average Bonchev–Trinajstić information content (AvgIpc) is 2.20. The van der Waals surface area contributed by atoms with Gasteiger partial charge in [0.2, 0.25) is 0 Å². The molecule has 1 aromatic carbocycles. The number of carbonyl (C=O) groups is 1. The van der Waals surface area contributed by atoms with Crippen LogP contribution < -0.4 is 9.47 Å². The second-order valence-corrected chi connectivity index (χ2v) is 3.25. The Hall–Kier alpha value is -1.71. The standard InChI is InChI=1S/C11H14O4/c1-7-4-5-9(10(6-7)14-3)15-8(2)11(12)13/h4-6,8H,1-3H3,(H,12,13)/t8-/m1/s1. The van der Waals surface area contributed by atoms with Gasteiger partial charge in [-0.1, -0.05) is 6.07 Å². The van der Waals surface area contributed by atoms with Crippen LogP contribution in [-0.4, -0.2) is 24.3 Å². The molecular formula is C11H14O4. The smallest absolute Gasteiger partial charge is 0.344 e. The minimum atomic E-state index is -1.00. The van der Waals surface area contributed by atoms with Gasteiger partial charge in [0, 0.05) is 0 Å². The highest BCUT2D eigenvalue weighted by Gasteiger charge is 2.14. The topological polar surface area (TPSA) is 55.8 Å². The van der Waals surface area contributed by atoms with E-state index < -0.39 is 12.1 Å². The van der Waals surface area contributed by atoms with E-state index in [2.05, 4.69) is 0 Å². The van der Waals surface area contributed by atoms with Gasteiger partial charge in [0.25, 0.3) is 0 Å². The Balaban J connectivity index is 2.89. The molecule has 0 spiro atoms. The summed E-state index contributed by atoms with van der Waals surface area (Å²) >= 11 is 0. The summed E-state index contributed by atoms with van der Waals surface area (Å²) in [6.07, 6.45) is -0.887. The Bertz CT molecular complexity index is 360. The lowest BCUT2D eigenvalue weighted by atomic mass is 10.2. The first-order valence-corrected chi connectivity index (χ1v) is 4.58. The van der Waals surface area contributed by atoms with Crippen LogP contribution >= 0.6 is 0 Å². The quantitative estimate of drug-likeness (QED) is 0.824. The van der Waals surface area contributed by atoms with Gasteiger partial charge in [0.05, 0.1) is 7.11 Å². The summed E-state index contributed by atoms with van der Waals surface area (Å²) in [6.45, 7) is 3.40. The Morgan fingerprint density at radius 1 is 1.40 bits per heavy atom. The molecule has 82 valence electrons. The summed E-state index contributed by atoms with van der Waals surface area (Å²) in [7, 11) is 1.52. The van der Waals surface area contributed by atoms with Crippen molar-refractivity contribution in [2.75, 3.05) is 7.11 Å². The highest BCUT2D eigenvalue weighted by Crippen LogP contribution is 2.28. The number of aryl methyl sites for hydroxylation is 1. The zero-order chi connectivity index (χ0) is 11.4. The van der Waals surface area contributed by atoms with E-state index in [0.717, 1.165) is 5.56 Å². The zero-order valence-corrected chi connectivity index (χ0v) is 8.98. The molecule has 0 amide bonds. The van der Waals surface area contributed by atoms with Crippen LogP contribution in [0.1, 0.15) is 12.5 Å². The lowest BCUT2D eigenvalue weighted by Crippen LogP contribution is -2.23. The summed E-state index contributed by atoms with van der Waals surface area (Å²) < 4.78 is 10.3. The molecule has 0 heterocycles. The van der Waals surface area contributed by atoms with E-state index in [1.807, 2.05) is 13.0 Å². The minimum Gasteiger partial charge on any atom is -0.493 e. The van der Waals surface area contributed by atoms with E-state index >= 15 is 0 Å². The van der Waals surface area contributed by atoms with Gasteiger partial charge in [-0.15, -0.1) is 0 Å². The summed E-state index contributed by atoms with van der Waals surface area (Å²) in [4.78, 5) is 10.6. The fraction of sp³-hybridized carbons (Fsp3) is 0.364. The Morgan fingerprint density at radius 3 is 2.60 bits per heavy atom. The first-order chi connectivity index (χ1) is 7.04. The Labute approximate surface area is 88.4 Å². The third kappa shape index (κ3) is 2.87. The van der Waals surface area contributed by atoms with Gasteiger partial charge in [0.15, 0.2) is 17.6 Å². The van der Waals surface area contributed by atoms with E-state index in [1.54, 1.807) is 12.1 Å². The van der Waals surface area contributed by atoms with Crippen molar-refractivity contribution in [3.05, 3.63) is 23.8 Å². The summed E-state index contributed by atoms with van der Waals surface area (Å²) in [5, 5.41) is 8.70. The van der Waals surface area contributed by atoms with Gasteiger partial charge in [-0.2, -0.15) is 0 Å². The van der Waals surface area contributed by atoms with Crippen LogP contribution in [0.25, 0.3) is 0 Å². The van der Waals surface area contributed by atoms with Gasteiger partial charge in [-0.25, -0.2) is 4.79 Å².